The van der Waals surface area contributed by atoms with Gasteiger partial charge < -0.3 is 10.2 Å². The Morgan fingerprint density at radius 1 is 1.22 bits per heavy atom. The number of nitrogens with zero attached hydrogens (tertiary/aromatic N) is 1. The van der Waals surface area contributed by atoms with E-state index in [1.807, 2.05) is 18.2 Å². The van der Waals surface area contributed by atoms with Gasteiger partial charge in [-0.3, -0.25) is 4.79 Å². The van der Waals surface area contributed by atoms with E-state index in [-0.39, 0.29) is 11.9 Å². The number of nitrogens with one attached hydrogen (secondary N) is 1. The van der Waals surface area contributed by atoms with Crippen LogP contribution in [0.25, 0.3) is 0 Å². The highest BCUT2D eigenvalue weighted by Crippen LogP contribution is 2.39. The van der Waals surface area contributed by atoms with Crippen molar-refractivity contribution in [1.82, 2.24) is 0 Å². The van der Waals surface area contributed by atoms with Gasteiger partial charge in [-0.2, -0.15) is 0 Å². The fourth-order valence-corrected chi connectivity index (χ4v) is 3.23. The normalized spacial score (nSPS) is 23.5. The van der Waals surface area contributed by atoms with Gasteiger partial charge in [0, 0.05) is 6.54 Å². The molecular weight excluding hydrogens is 248 g/mol. The fourth-order valence-electron chi connectivity index (χ4n) is 2.95. The van der Waals surface area contributed by atoms with Crippen LogP contribution in [0.3, 0.4) is 0 Å². The molecule has 1 fully saturated rings. The predicted molar refractivity (Wildman–Crippen MR) is 74.3 cm³/mol. The lowest BCUT2D eigenvalue weighted by molar-refractivity contribution is -0.117. The third kappa shape index (κ3) is 1.97. The Bertz CT molecular complexity index is 475. The van der Waals surface area contributed by atoms with Crippen LogP contribution in [0.2, 0.25) is 5.02 Å². The number of carbonyl (C=O) groups is 1. The van der Waals surface area contributed by atoms with Crippen LogP contribution in [0, 0.1) is 0 Å². The van der Waals surface area contributed by atoms with Gasteiger partial charge in [0.25, 0.3) is 0 Å². The van der Waals surface area contributed by atoms with Crippen LogP contribution in [0.4, 0.5) is 11.4 Å². The second-order valence-corrected chi connectivity index (χ2v) is 5.44. The number of fused-ring (bicyclic) bond motifs is 3. The smallest absolute Gasteiger partial charge is 0.247 e. The maximum Gasteiger partial charge on any atom is 0.247 e. The molecule has 1 aromatic carbocycles. The molecule has 1 amide bonds. The summed E-state index contributed by atoms with van der Waals surface area (Å²) in [6.45, 7) is 0.925. The lowest BCUT2D eigenvalue weighted by atomic mass is 9.98. The number of benzene rings is 1. The minimum atomic E-state index is -0.0438. The third-order valence-corrected chi connectivity index (χ3v) is 4.14. The number of amides is 1. The zero-order valence-electron chi connectivity index (χ0n) is 10.3. The molecule has 0 radical (unpaired) electrons. The summed E-state index contributed by atoms with van der Waals surface area (Å²) in [4.78, 5) is 14.4. The highest BCUT2D eigenvalue weighted by molar-refractivity contribution is 6.34. The predicted octanol–water partition coefficient (Wildman–Crippen LogP) is 3.43. The summed E-state index contributed by atoms with van der Waals surface area (Å²) in [7, 11) is 0. The van der Waals surface area contributed by atoms with Crippen LogP contribution >= 0.6 is 11.6 Å². The molecule has 3 rings (SSSR count). The van der Waals surface area contributed by atoms with Gasteiger partial charge in [0.2, 0.25) is 5.91 Å². The lowest BCUT2D eigenvalue weighted by Gasteiger charge is -2.39. The lowest BCUT2D eigenvalue weighted by Crippen LogP contribution is -2.49. The molecule has 0 bridgehead atoms. The molecule has 4 heteroatoms. The maximum atomic E-state index is 12.2. The first-order chi connectivity index (χ1) is 8.77. The minimum absolute atomic E-state index is 0.0438. The summed E-state index contributed by atoms with van der Waals surface area (Å²) in [6, 6.07) is 5.66. The van der Waals surface area contributed by atoms with Crippen LogP contribution in [0.1, 0.15) is 32.1 Å². The molecule has 1 atom stereocenters. The van der Waals surface area contributed by atoms with E-state index < -0.39 is 0 Å². The summed E-state index contributed by atoms with van der Waals surface area (Å²) in [6.07, 6.45) is 5.65. The first-order valence-corrected chi connectivity index (χ1v) is 7.01. The molecular formula is C14H17ClN2O. The molecule has 0 saturated carbocycles. The van der Waals surface area contributed by atoms with Gasteiger partial charge in [0.1, 0.15) is 6.04 Å². The molecule has 1 unspecified atom stereocenters. The van der Waals surface area contributed by atoms with Gasteiger partial charge in [0.15, 0.2) is 0 Å². The highest BCUT2D eigenvalue weighted by Gasteiger charge is 2.34. The first-order valence-electron chi connectivity index (χ1n) is 6.63. The molecule has 0 aliphatic carbocycles. The van der Waals surface area contributed by atoms with Crippen molar-refractivity contribution in [3.63, 3.8) is 0 Å². The zero-order valence-corrected chi connectivity index (χ0v) is 11.0. The van der Waals surface area contributed by atoms with Crippen LogP contribution in [-0.4, -0.2) is 18.5 Å². The Morgan fingerprint density at radius 3 is 2.94 bits per heavy atom. The van der Waals surface area contributed by atoms with Gasteiger partial charge in [0.05, 0.1) is 16.4 Å². The number of halogens is 1. The monoisotopic (exact) mass is 264 g/mol. The summed E-state index contributed by atoms with van der Waals surface area (Å²) < 4.78 is 0. The van der Waals surface area contributed by atoms with Crippen molar-refractivity contribution in [2.45, 2.75) is 38.1 Å². The van der Waals surface area contributed by atoms with E-state index in [4.69, 9.17) is 11.6 Å². The standard InChI is InChI=1S/C14H17ClN2O/c15-10-6-5-7-11-13(10)17-9-4-2-1-3-8-12(17)14(18)16-11/h5-7,12H,1-4,8-9H2,(H,16,18). The number of carbonyl (C=O) groups excluding carboxylic acids is 1. The highest BCUT2D eigenvalue weighted by atomic mass is 35.5. The topological polar surface area (TPSA) is 32.3 Å². The van der Waals surface area contributed by atoms with Crippen molar-refractivity contribution in [3.05, 3.63) is 23.2 Å². The average Bonchev–Trinajstić information content (AvgIpc) is 2.30. The number of para-hydroxylation sites is 1. The van der Waals surface area contributed by atoms with E-state index in [2.05, 4.69) is 10.2 Å². The quantitative estimate of drug-likeness (QED) is 0.779. The number of hydrogen-bond donors (Lipinski definition) is 1. The first kappa shape index (κ1) is 11.8. The maximum absolute atomic E-state index is 12.2. The summed E-state index contributed by atoms with van der Waals surface area (Å²) in [5.41, 5.74) is 1.86. The van der Waals surface area contributed by atoms with E-state index in [0.29, 0.717) is 0 Å². The Morgan fingerprint density at radius 2 is 2.06 bits per heavy atom. The van der Waals surface area contributed by atoms with Crippen molar-refractivity contribution in [1.29, 1.82) is 0 Å². The van der Waals surface area contributed by atoms with Crippen molar-refractivity contribution in [2.24, 2.45) is 0 Å². The van der Waals surface area contributed by atoms with Gasteiger partial charge >= 0.3 is 0 Å². The molecule has 0 spiro atoms. The van der Waals surface area contributed by atoms with Crippen LogP contribution in [0.5, 0.6) is 0 Å². The molecule has 1 aromatic rings. The average molecular weight is 265 g/mol. The summed E-state index contributed by atoms with van der Waals surface area (Å²) >= 11 is 6.31. The Hall–Kier alpha value is -1.22. The Labute approximate surface area is 112 Å². The number of rotatable bonds is 0. The largest absolute Gasteiger partial charge is 0.357 e. The van der Waals surface area contributed by atoms with E-state index >= 15 is 0 Å². The Balaban J connectivity index is 2.03. The van der Waals surface area contributed by atoms with E-state index in [0.717, 1.165) is 42.2 Å². The van der Waals surface area contributed by atoms with Crippen molar-refractivity contribution in [3.8, 4) is 0 Å². The number of anilines is 2. The molecule has 96 valence electrons. The van der Waals surface area contributed by atoms with Crippen molar-refractivity contribution < 1.29 is 4.79 Å². The molecule has 18 heavy (non-hydrogen) atoms. The summed E-state index contributed by atoms with van der Waals surface area (Å²) in [5, 5.41) is 3.72. The van der Waals surface area contributed by atoms with Crippen LogP contribution in [-0.2, 0) is 4.79 Å². The molecule has 3 nitrogen and oxygen atoms in total. The second-order valence-electron chi connectivity index (χ2n) is 5.04. The SMILES string of the molecule is O=C1Nc2cccc(Cl)c2N2CCCCCCC12. The molecule has 2 aliphatic heterocycles. The van der Waals surface area contributed by atoms with E-state index in [1.165, 1.54) is 12.8 Å². The molecule has 0 aromatic heterocycles. The molecule has 2 heterocycles. The van der Waals surface area contributed by atoms with E-state index in [1.54, 1.807) is 0 Å². The van der Waals surface area contributed by atoms with Crippen molar-refractivity contribution >= 4 is 28.9 Å². The van der Waals surface area contributed by atoms with E-state index in [9.17, 15) is 4.79 Å². The molecule has 1 N–H and O–H groups in total. The molecule has 1 saturated heterocycles. The summed E-state index contributed by atoms with van der Waals surface area (Å²) in [5.74, 6) is 0.117. The molecule has 2 aliphatic rings. The number of hydrogen-bond acceptors (Lipinski definition) is 2. The fraction of sp³-hybridized carbons (Fsp3) is 0.500. The van der Waals surface area contributed by atoms with Crippen molar-refractivity contribution in [2.75, 3.05) is 16.8 Å². The van der Waals surface area contributed by atoms with Gasteiger partial charge in [-0.1, -0.05) is 36.9 Å². The Kier molecular flexibility index (Phi) is 3.16. The minimum Gasteiger partial charge on any atom is -0.357 e. The van der Waals surface area contributed by atoms with Crippen LogP contribution < -0.4 is 10.2 Å². The third-order valence-electron chi connectivity index (χ3n) is 3.84. The van der Waals surface area contributed by atoms with Gasteiger partial charge in [-0.05, 0) is 25.0 Å². The second kappa shape index (κ2) is 4.81. The van der Waals surface area contributed by atoms with Gasteiger partial charge in [-0.25, -0.2) is 0 Å². The zero-order chi connectivity index (χ0) is 12.5. The van der Waals surface area contributed by atoms with Gasteiger partial charge in [-0.15, -0.1) is 0 Å². The van der Waals surface area contributed by atoms with Crippen LogP contribution in [0.15, 0.2) is 18.2 Å².